The van der Waals surface area contributed by atoms with Gasteiger partial charge in [0.25, 0.3) is 5.91 Å². The molecule has 0 aliphatic carbocycles. The van der Waals surface area contributed by atoms with Gasteiger partial charge in [-0.3, -0.25) is 4.79 Å². The zero-order valence-corrected chi connectivity index (χ0v) is 7.60. The van der Waals surface area contributed by atoms with Gasteiger partial charge in [0.05, 0.1) is 5.56 Å². The van der Waals surface area contributed by atoms with Crippen LogP contribution >= 0.6 is 0 Å². The van der Waals surface area contributed by atoms with Gasteiger partial charge < -0.3 is 5.32 Å². The Balaban J connectivity index is 2.83. The standard InChI is InChI=1S/C10H11FNO/c1-7(2)12-10(13)8-5-3-4-6-9(8)11/h3-4,6-7H,1-2H3,(H,12,13). The second-order valence-electron chi connectivity index (χ2n) is 3.02. The van der Waals surface area contributed by atoms with Crippen molar-refractivity contribution in [3.8, 4) is 0 Å². The molecule has 1 amide bonds. The fraction of sp³-hybridized carbons (Fsp3) is 0.300. The van der Waals surface area contributed by atoms with Gasteiger partial charge in [0, 0.05) is 6.04 Å². The Morgan fingerprint density at radius 3 is 2.85 bits per heavy atom. The lowest BCUT2D eigenvalue weighted by molar-refractivity contribution is 0.0939. The van der Waals surface area contributed by atoms with Crippen LogP contribution < -0.4 is 5.32 Å². The van der Waals surface area contributed by atoms with Crippen molar-refractivity contribution >= 4 is 5.91 Å². The van der Waals surface area contributed by atoms with Gasteiger partial charge >= 0.3 is 0 Å². The number of benzene rings is 1. The van der Waals surface area contributed by atoms with Crippen LogP contribution in [0.15, 0.2) is 18.2 Å². The van der Waals surface area contributed by atoms with Gasteiger partial charge in [-0.25, -0.2) is 4.39 Å². The van der Waals surface area contributed by atoms with E-state index in [2.05, 4.69) is 11.4 Å². The highest BCUT2D eigenvalue weighted by Crippen LogP contribution is 2.05. The molecule has 0 saturated carbocycles. The minimum atomic E-state index is -0.541. The van der Waals surface area contributed by atoms with Crippen LogP contribution in [0.5, 0.6) is 0 Å². The first kappa shape index (κ1) is 9.71. The van der Waals surface area contributed by atoms with Crippen LogP contribution in [0.2, 0.25) is 0 Å². The quantitative estimate of drug-likeness (QED) is 0.738. The SMILES string of the molecule is CC(C)NC(=O)c1[c]cccc1F. The third-order valence-corrected chi connectivity index (χ3v) is 1.45. The predicted molar refractivity (Wildman–Crippen MR) is 47.8 cm³/mol. The Labute approximate surface area is 76.8 Å². The molecule has 13 heavy (non-hydrogen) atoms. The van der Waals surface area contributed by atoms with Crippen molar-refractivity contribution in [2.24, 2.45) is 0 Å². The number of halogens is 1. The molecular formula is C10H11FNO. The van der Waals surface area contributed by atoms with Gasteiger partial charge in [-0.15, -0.1) is 0 Å². The van der Waals surface area contributed by atoms with E-state index in [0.29, 0.717) is 0 Å². The lowest BCUT2D eigenvalue weighted by Crippen LogP contribution is -2.30. The summed E-state index contributed by atoms with van der Waals surface area (Å²) >= 11 is 0. The van der Waals surface area contributed by atoms with Crippen LogP contribution in [0.1, 0.15) is 24.2 Å². The van der Waals surface area contributed by atoms with Crippen molar-refractivity contribution in [1.29, 1.82) is 0 Å². The molecular weight excluding hydrogens is 169 g/mol. The monoisotopic (exact) mass is 180 g/mol. The summed E-state index contributed by atoms with van der Waals surface area (Å²) in [4.78, 5) is 11.3. The number of hydrogen-bond donors (Lipinski definition) is 1. The Morgan fingerprint density at radius 1 is 1.62 bits per heavy atom. The Hall–Kier alpha value is -1.38. The highest BCUT2D eigenvalue weighted by molar-refractivity contribution is 5.94. The van der Waals surface area contributed by atoms with Crippen molar-refractivity contribution < 1.29 is 9.18 Å². The first-order chi connectivity index (χ1) is 6.11. The number of carbonyl (C=O) groups excluding carboxylic acids is 1. The third kappa shape index (κ3) is 2.54. The van der Waals surface area contributed by atoms with Crippen molar-refractivity contribution in [2.45, 2.75) is 19.9 Å². The van der Waals surface area contributed by atoms with Crippen LogP contribution in [-0.4, -0.2) is 11.9 Å². The molecule has 0 aromatic heterocycles. The van der Waals surface area contributed by atoms with Gasteiger partial charge in [0.15, 0.2) is 0 Å². The Kier molecular flexibility index (Phi) is 3.01. The fourth-order valence-electron chi connectivity index (χ4n) is 0.925. The smallest absolute Gasteiger partial charge is 0.255 e. The van der Waals surface area contributed by atoms with E-state index in [1.807, 2.05) is 13.8 Å². The van der Waals surface area contributed by atoms with E-state index < -0.39 is 11.7 Å². The molecule has 0 unspecified atom stereocenters. The lowest BCUT2D eigenvalue weighted by Gasteiger charge is -2.07. The molecule has 0 aliphatic heterocycles. The molecule has 0 atom stereocenters. The summed E-state index contributed by atoms with van der Waals surface area (Å²) in [5, 5.41) is 2.59. The van der Waals surface area contributed by atoms with Crippen LogP contribution in [0.3, 0.4) is 0 Å². The molecule has 1 rings (SSSR count). The summed E-state index contributed by atoms with van der Waals surface area (Å²) in [6.07, 6.45) is 0. The number of carbonyl (C=O) groups is 1. The van der Waals surface area contributed by atoms with E-state index in [4.69, 9.17) is 0 Å². The summed E-state index contributed by atoms with van der Waals surface area (Å²) < 4.78 is 13.0. The highest BCUT2D eigenvalue weighted by atomic mass is 19.1. The van der Waals surface area contributed by atoms with Crippen LogP contribution in [-0.2, 0) is 0 Å². The molecule has 2 nitrogen and oxygen atoms in total. The van der Waals surface area contributed by atoms with Crippen LogP contribution in [0.25, 0.3) is 0 Å². The second-order valence-corrected chi connectivity index (χ2v) is 3.02. The van der Waals surface area contributed by atoms with Gasteiger partial charge in [-0.2, -0.15) is 0 Å². The van der Waals surface area contributed by atoms with Gasteiger partial charge in [-0.1, -0.05) is 12.1 Å². The first-order valence-corrected chi connectivity index (χ1v) is 4.08. The van der Waals surface area contributed by atoms with Gasteiger partial charge in [-0.05, 0) is 26.0 Å². The lowest BCUT2D eigenvalue weighted by atomic mass is 10.2. The molecule has 0 heterocycles. The largest absolute Gasteiger partial charge is 0.350 e. The summed E-state index contributed by atoms with van der Waals surface area (Å²) in [5.41, 5.74) is -0.0313. The first-order valence-electron chi connectivity index (χ1n) is 4.08. The molecule has 3 heteroatoms. The van der Waals surface area contributed by atoms with Gasteiger partial charge in [0.1, 0.15) is 5.82 Å². The molecule has 0 aliphatic rings. The van der Waals surface area contributed by atoms with Crippen molar-refractivity contribution in [1.82, 2.24) is 5.32 Å². The van der Waals surface area contributed by atoms with Crippen molar-refractivity contribution in [2.75, 3.05) is 0 Å². The summed E-state index contributed by atoms with van der Waals surface area (Å²) in [7, 11) is 0. The Bertz CT molecular complexity index is 310. The molecule has 69 valence electrons. The van der Waals surface area contributed by atoms with E-state index in [1.165, 1.54) is 18.2 Å². The Morgan fingerprint density at radius 2 is 2.31 bits per heavy atom. The molecule has 1 aromatic carbocycles. The second kappa shape index (κ2) is 4.03. The average Bonchev–Trinajstić information content (AvgIpc) is 2.03. The predicted octanol–water partition coefficient (Wildman–Crippen LogP) is 1.76. The van der Waals surface area contributed by atoms with E-state index in [-0.39, 0.29) is 11.6 Å². The summed E-state index contributed by atoms with van der Waals surface area (Å²) in [6.45, 7) is 3.64. The molecule has 0 fully saturated rings. The van der Waals surface area contributed by atoms with Crippen molar-refractivity contribution in [3.63, 3.8) is 0 Å². The molecule has 0 saturated heterocycles. The molecule has 0 spiro atoms. The van der Waals surface area contributed by atoms with E-state index >= 15 is 0 Å². The molecule has 1 radical (unpaired) electrons. The van der Waals surface area contributed by atoms with Crippen LogP contribution in [0, 0.1) is 11.9 Å². The minimum Gasteiger partial charge on any atom is -0.350 e. The number of nitrogens with one attached hydrogen (secondary N) is 1. The molecule has 1 N–H and O–H groups in total. The molecule has 0 bridgehead atoms. The van der Waals surface area contributed by atoms with Crippen LogP contribution in [0.4, 0.5) is 4.39 Å². The third-order valence-electron chi connectivity index (χ3n) is 1.45. The zero-order chi connectivity index (χ0) is 9.84. The topological polar surface area (TPSA) is 29.1 Å². The number of amides is 1. The maximum Gasteiger partial charge on any atom is 0.255 e. The summed E-state index contributed by atoms with van der Waals surface area (Å²) in [6, 6.07) is 6.81. The maximum atomic E-state index is 13.0. The fourth-order valence-corrected chi connectivity index (χ4v) is 0.925. The van der Waals surface area contributed by atoms with Crippen molar-refractivity contribution in [3.05, 3.63) is 35.6 Å². The van der Waals surface area contributed by atoms with Gasteiger partial charge in [0.2, 0.25) is 0 Å². The highest BCUT2D eigenvalue weighted by Gasteiger charge is 2.10. The van der Waals surface area contributed by atoms with E-state index in [1.54, 1.807) is 0 Å². The average molecular weight is 180 g/mol. The zero-order valence-electron chi connectivity index (χ0n) is 7.60. The molecule has 1 aromatic rings. The minimum absolute atomic E-state index is 0.000469. The van der Waals surface area contributed by atoms with E-state index in [9.17, 15) is 9.18 Å². The maximum absolute atomic E-state index is 13.0. The number of rotatable bonds is 2. The number of hydrogen-bond acceptors (Lipinski definition) is 1. The normalized spacial score (nSPS) is 10.2. The van der Waals surface area contributed by atoms with E-state index in [0.717, 1.165) is 0 Å². The summed E-state index contributed by atoms with van der Waals surface area (Å²) in [5.74, 6) is -0.964.